The lowest BCUT2D eigenvalue weighted by Gasteiger charge is -2.24. The molecule has 0 aromatic heterocycles. The number of aliphatic carboxylic acids is 2. The molecule has 3 N–H and O–H groups in total. The number of para-hydroxylation sites is 1. The van der Waals surface area contributed by atoms with Crippen LogP contribution in [0.4, 0.5) is 0 Å². The number of carboxylic acids is 2. The molecular weight excluding hydrogens is 534 g/mol. The molecule has 0 radical (unpaired) electrons. The predicted octanol–water partition coefficient (Wildman–Crippen LogP) is 5.50. The van der Waals surface area contributed by atoms with E-state index in [2.05, 4.69) is 0 Å². The molecule has 0 saturated heterocycles. The largest absolute Gasteiger partial charge is 0.506 e. The molecule has 8 nitrogen and oxygen atoms in total. The van der Waals surface area contributed by atoms with E-state index in [4.69, 9.17) is 14.9 Å². The number of rotatable bonds is 10. The highest BCUT2D eigenvalue weighted by atomic mass is 16.5. The predicted molar refractivity (Wildman–Crippen MR) is 158 cm³/mol. The van der Waals surface area contributed by atoms with Crippen LogP contribution in [0, 0.1) is 0 Å². The fourth-order valence-electron chi connectivity index (χ4n) is 5.06. The van der Waals surface area contributed by atoms with E-state index in [0.717, 1.165) is 22.4 Å². The van der Waals surface area contributed by atoms with E-state index in [0.29, 0.717) is 43.0 Å². The number of benzene rings is 2. The second kappa shape index (κ2) is 12.5. The van der Waals surface area contributed by atoms with E-state index in [1.165, 1.54) is 0 Å². The topological polar surface area (TPSA) is 124 Å². The Bertz CT molecular complexity index is 1630. The number of carbonyl (C=O) groups excluding carboxylic acids is 1. The van der Waals surface area contributed by atoms with E-state index in [1.54, 1.807) is 30.4 Å². The maximum atomic E-state index is 13.3. The SMILES string of the molecule is O=C(O)CCC[N+](CCCC(=O)O)=C1C=CC(=C2C(=O)C(/C=C3\C=C(c4ccccc4)Oc4ccccc43)=C2O)C=C1. The van der Waals surface area contributed by atoms with Gasteiger partial charge in [0.1, 0.15) is 30.4 Å². The monoisotopic (exact) mass is 564 g/mol. The molecule has 0 saturated carbocycles. The van der Waals surface area contributed by atoms with Gasteiger partial charge in [-0.05, 0) is 41.5 Å². The number of hydrogen-bond donors (Lipinski definition) is 3. The average Bonchev–Trinajstić information content (AvgIpc) is 2.99. The molecule has 0 amide bonds. The van der Waals surface area contributed by atoms with Crippen molar-refractivity contribution in [2.45, 2.75) is 25.7 Å². The Morgan fingerprint density at radius 1 is 0.833 bits per heavy atom. The third kappa shape index (κ3) is 6.23. The zero-order chi connectivity index (χ0) is 29.6. The molecule has 212 valence electrons. The van der Waals surface area contributed by atoms with Gasteiger partial charge < -0.3 is 20.1 Å². The van der Waals surface area contributed by atoms with Gasteiger partial charge in [-0.2, -0.15) is 0 Å². The summed E-state index contributed by atoms with van der Waals surface area (Å²) in [5, 5.41) is 29.0. The van der Waals surface area contributed by atoms with Crippen molar-refractivity contribution in [1.29, 1.82) is 0 Å². The van der Waals surface area contributed by atoms with Gasteiger partial charge in [0.25, 0.3) is 0 Å². The summed E-state index contributed by atoms with van der Waals surface area (Å²) in [6.07, 6.45) is 11.5. The highest BCUT2D eigenvalue weighted by Crippen LogP contribution is 2.40. The van der Waals surface area contributed by atoms with Crippen molar-refractivity contribution >= 4 is 34.8 Å². The molecule has 3 aliphatic rings. The first-order chi connectivity index (χ1) is 20.3. The molecule has 2 aliphatic carbocycles. The van der Waals surface area contributed by atoms with Crippen LogP contribution in [0.2, 0.25) is 0 Å². The van der Waals surface area contributed by atoms with Crippen LogP contribution in [-0.2, 0) is 14.4 Å². The third-order valence-electron chi connectivity index (χ3n) is 7.18. The first kappa shape index (κ1) is 28.3. The van der Waals surface area contributed by atoms with Crippen LogP contribution in [-0.4, -0.2) is 56.4 Å². The summed E-state index contributed by atoms with van der Waals surface area (Å²) in [4.78, 5) is 35.2. The minimum Gasteiger partial charge on any atom is -0.506 e. The Kier molecular flexibility index (Phi) is 8.43. The molecule has 2 aromatic carbocycles. The minimum atomic E-state index is -0.889. The van der Waals surface area contributed by atoms with Crippen LogP contribution >= 0.6 is 0 Å². The second-order valence-electron chi connectivity index (χ2n) is 10.1. The number of ketones is 1. The smallest absolute Gasteiger partial charge is 0.303 e. The number of carbonyl (C=O) groups is 3. The molecule has 1 aliphatic heterocycles. The third-order valence-corrected chi connectivity index (χ3v) is 7.18. The van der Waals surface area contributed by atoms with Gasteiger partial charge >= 0.3 is 11.9 Å². The maximum absolute atomic E-state index is 13.3. The van der Waals surface area contributed by atoms with Crippen molar-refractivity contribution in [2.24, 2.45) is 0 Å². The molecule has 42 heavy (non-hydrogen) atoms. The Hall–Kier alpha value is -5.24. The molecule has 0 spiro atoms. The quantitative estimate of drug-likeness (QED) is 0.257. The van der Waals surface area contributed by atoms with Crippen LogP contribution in [0.15, 0.2) is 114 Å². The van der Waals surface area contributed by atoms with Gasteiger partial charge in [-0.1, -0.05) is 48.5 Å². The Labute approximate surface area is 242 Å². The Morgan fingerprint density at radius 3 is 2.07 bits per heavy atom. The highest BCUT2D eigenvalue weighted by Gasteiger charge is 2.35. The van der Waals surface area contributed by atoms with Crippen molar-refractivity contribution in [3.05, 3.63) is 125 Å². The number of ether oxygens (including phenoxy) is 1. The number of aliphatic hydroxyl groups excluding tert-OH is 1. The summed E-state index contributed by atoms with van der Waals surface area (Å²) < 4.78 is 8.06. The standard InChI is InChI=1S/C34H29NO7/c36-30(37)12-6-18-35(19-7-13-31(38)39)25-16-14-23(15-17-25)32-33(40)27(34(32)41)20-24-21-29(22-8-2-1-3-9-22)42-28-11-5-4-10-26(24)28/h1-5,8-11,14-17,20-21H,6-7,12-13,18-19H2,(H2-,36,37,38,39,40,41)/p+1/b24-20+. The van der Waals surface area contributed by atoms with E-state index >= 15 is 0 Å². The van der Waals surface area contributed by atoms with Gasteiger partial charge in [0.15, 0.2) is 5.71 Å². The number of fused-ring (bicyclic) bond motifs is 1. The first-order valence-electron chi connectivity index (χ1n) is 13.7. The van der Waals surface area contributed by atoms with Crippen LogP contribution in [0.1, 0.15) is 36.8 Å². The highest BCUT2D eigenvalue weighted by molar-refractivity contribution is 6.23. The molecule has 0 atom stereocenters. The number of allylic oxidation sites excluding steroid dienone is 10. The van der Waals surface area contributed by atoms with E-state index in [1.807, 2.05) is 65.2 Å². The molecule has 8 heteroatoms. The van der Waals surface area contributed by atoms with E-state index in [-0.39, 0.29) is 35.5 Å². The lowest BCUT2D eigenvalue weighted by atomic mass is 9.81. The van der Waals surface area contributed by atoms with E-state index < -0.39 is 11.9 Å². The fourth-order valence-corrected chi connectivity index (χ4v) is 5.06. The van der Waals surface area contributed by atoms with Gasteiger partial charge in [0.05, 0.1) is 24.0 Å². The number of nitrogens with zero attached hydrogens (tertiary/aromatic N) is 1. The van der Waals surface area contributed by atoms with Crippen LogP contribution in [0.5, 0.6) is 5.75 Å². The van der Waals surface area contributed by atoms with Gasteiger partial charge in [-0.3, -0.25) is 14.4 Å². The molecule has 0 fully saturated rings. The first-order valence-corrected chi connectivity index (χ1v) is 13.7. The summed E-state index contributed by atoms with van der Waals surface area (Å²) in [5.74, 6) is -0.833. The Morgan fingerprint density at radius 2 is 1.45 bits per heavy atom. The zero-order valence-electron chi connectivity index (χ0n) is 22.8. The average molecular weight is 565 g/mol. The van der Waals surface area contributed by atoms with Crippen molar-refractivity contribution < 1.29 is 39.0 Å². The second-order valence-corrected chi connectivity index (χ2v) is 10.1. The minimum absolute atomic E-state index is 0.00945. The van der Waals surface area contributed by atoms with E-state index in [9.17, 15) is 19.5 Å². The van der Waals surface area contributed by atoms with Gasteiger partial charge in [0, 0.05) is 36.1 Å². The molecule has 0 unspecified atom stereocenters. The molecule has 5 rings (SSSR count). The van der Waals surface area contributed by atoms with Crippen molar-refractivity contribution in [2.75, 3.05) is 13.1 Å². The fraction of sp³-hybridized carbons (Fsp3) is 0.176. The summed E-state index contributed by atoms with van der Waals surface area (Å²) in [6, 6.07) is 17.2. The summed E-state index contributed by atoms with van der Waals surface area (Å²) in [5.41, 5.74) is 4.24. The number of aliphatic hydroxyl groups is 1. The van der Waals surface area contributed by atoms with Crippen molar-refractivity contribution in [1.82, 2.24) is 0 Å². The molecule has 1 heterocycles. The van der Waals surface area contributed by atoms with Crippen molar-refractivity contribution in [3.8, 4) is 5.75 Å². The van der Waals surface area contributed by atoms with Crippen LogP contribution in [0.25, 0.3) is 11.3 Å². The normalized spacial score (nSPS) is 16.7. The lowest BCUT2D eigenvalue weighted by Crippen LogP contribution is -2.25. The Balaban J connectivity index is 1.43. The van der Waals surface area contributed by atoms with Gasteiger partial charge in [-0.25, -0.2) is 4.58 Å². The van der Waals surface area contributed by atoms with Gasteiger partial charge in [-0.15, -0.1) is 0 Å². The molecule has 0 bridgehead atoms. The molecular formula is C34H30NO7+. The van der Waals surface area contributed by atoms with Crippen LogP contribution in [0.3, 0.4) is 0 Å². The van der Waals surface area contributed by atoms with Crippen molar-refractivity contribution in [3.63, 3.8) is 0 Å². The number of Topliss-reactive ketones (excluding diaryl/α,β-unsaturated/α-hetero) is 1. The number of carboxylic acid groups (broad SMARTS) is 2. The maximum Gasteiger partial charge on any atom is 0.303 e. The summed E-state index contributed by atoms with van der Waals surface area (Å²) >= 11 is 0. The molecule has 2 aromatic rings. The zero-order valence-corrected chi connectivity index (χ0v) is 22.8. The van der Waals surface area contributed by atoms with Gasteiger partial charge in [0.2, 0.25) is 5.78 Å². The summed E-state index contributed by atoms with van der Waals surface area (Å²) in [7, 11) is 0. The van der Waals surface area contributed by atoms with Crippen LogP contribution < -0.4 is 4.74 Å². The number of hydrogen-bond acceptors (Lipinski definition) is 5. The summed E-state index contributed by atoms with van der Waals surface area (Å²) in [6.45, 7) is 0.903. The lowest BCUT2D eigenvalue weighted by molar-refractivity contribution is -0.527.